The van der Waals surface area contributed by atoms with Crippen LogP contribution in [0.15, 0.2) is 182 Å². The Hall–Kier alpha value is -6.42. The quantitative estimate of drug-likeness (QED) is 0.147. The minimum Gasteiger partial charge on any atom is -0.309 e. The molecule has 0 aliphatic heterocycles. The lowest BCUT2D eigenvalue weighted by molar-refractivity contribution is 1.30. The molecule has 0 N–H and O–H groups in total. The summed E-state index contributed by atoms with van der Waals surface area (Å²) in [5.74, 6) is 0. The lowest BCUT2D eigenvalue weighted by Gasteiger charge is -2.28. The third kappa shape index (κ3) is 6.42. The van der Waals surface area contributed by atoms with E-state index in [2.05, 4.69) is 175 Å². The number of benzene rings is 9. The summed E-state index contributed by atoms with van der Waals surface area (Å²) in [7, 11) is 31.8. The molecule has 10 radical (unpaired) electrons. The fourth-order valence-electron chi connectivity index (χ4n) is 8.32. The smallest absolute Gasteiger partial charge is 0.113 e. The maximum atomic E-state index is 6.54. The Bertz CT molecular complexity index is 3160. The zero-order valence-electron chi connectivity index (χ0n) is 32.1. The van der Waals surface area contributed by atoms with Crippen molar-refractivity contribution < 1.29 is 0 Å². The monoisotopic (exact) mass is 755 g/mol. The molecule has 10 rings (SSSR count). The molecule has 7 heteroatoms. The fourth-order valence-corrected chi connectivity index (χ4v) is 9.64. The number of anilines is 3. The van der Waals surface area contributed by atoms with Crippen LogP contribution < -0.4 is 32.2 Å². The molecule has 10 aromatic rings. The van der Waals surface area contributed by atoms with Gasteiger partial charge in [-0.1, -0.05) is 157 Å². The van der Waals surface area contributed by atoms with Crippen LogP contribution in [0.1, 0.15) is 0 Å². The van der Waals surface area contributed by atoms with Crippen molar-refractivity contribution in [3.05, 3.63) is 182 Å². The first-order valence-corrected chi connectivity index (χ1v) is 20.3. The summed E-state index contributed by atoms with van der Waals surface area (Å²) in [4.78, 5) is 2.35. The van der Waals surface area contributed by atoms with E-state index in [9.17, 15) is 0 Å². The van der Waals surface area contributed by atoms with Gasteiger partial charge in [0.2, 0.25) is 0 Å². The summed E-state index contributed by atoms with van der Waals surface area (Å²) in [6, 6.07) is 64.6. The molecule has 0 amide bonds. The highest BCUT2D eigenvalue weighted by molar-refractivity contribution is 7.27. The number of fused-ring (bicyclic) bond motifs is 4. The molecular weight excluding hydrogens is 725 g/mol. The van der Waals surface area contributed by atoms with Crippen molar-refractivity contribution in [2.24, 2.45) is 0 Å². The van der Waals surface area contributed by atoms with Gasteiger partial charge in [-0.25, -0.2) is 0 Å². The highest BCUT2D eigenvalue weighted by atomic mass is 32.1. The van der Waals surface area contributed by atoms with E-state index < -0.39 is 0 Å². The predicted octanol–water partition coefficient (Wildman–Crippen LogP) is 9.31. The largest absolute Gasteiger partial charge is 0.309 e. The Morgan fingerprint density at radius 3 is 1.53 bits per heavy atom. The molecule has 0 atom stereocenters. The summed E-state index contributed by atoms with van der Waals surface area (Å²) in [5.41, 5.74) is 12.6. The van der Waals surface area contributed by atoms with Crippen LogP contribution >= 0.6 is 11.3 Å². The number of hydrogen-bond donors (Lipinski definition) is 0. The van der Waals surface area contributed by atoms with Gasteiger partial charge < -0.3 is 4.90 Å². The SMILES string of the molecule is [B]c1c([B])c([B])c(-c2ccc(N(c3ccc(-c4cccc5ccccc45)cc3)c3cc(-c4ccccc4)cc4c3sc3c(-c5ccccc5)cccc34)cc2)c([B])c1[B]. The molecule has 9 aromatic carbocycles. The molecule has 0 aliphatic carbocycles. The van der Waals surface area contributed by atoms with Crippen molar-refractivity contribution in [1.29, 1.82) is 0 Å². The van der Waals surface area contributed by atoms with Crippen LogP contribution in [0.5, 0.6) is 0 Å². The standard InChI is InChI=1S/C52H30B5NS/c53-46-45(47(54)49(56)50(57)48(46)55)35-23-27-38(28-24-35)58(37-25-21-34(22-26-37)40-18-9-16-32-15-7-8-17-39(32)40)44-30-36(31-11-3-1-4-12-31)29-43-42-20-10-19-41(51(42)59-52(43)44)33-13-5-2-6-14-33/h1-30H. The van der Waals surface area contributed by atoms with Crippen LogP contribution in [0.4, 0.5) is 17.1 Å². The van der Waals surface area contributed by atoms with E-state index >= 15 is 0 Å². The molecule has 1 aromatic heterocycles. The lowest BCUT2D eigenvalue weighted by atomic mass is 9.60. The molecule has 0 spiro atoms. The Labute approximate surface area is 355 Å². The fraction of sp³-hybridized carbons (Fsp3) is 0. The molecule has 0 bridgehead atoms. The topological polar surface area (TPSA) is 3.24 Å². The summed E-state index contributed by atoms with van der Waals surface area (Å²) in [5, 5.41) is 4.84. The van der Waals surface area contributed by atoms with E-state index in [1.807, 2.05) is 23.5 Å². The second-order valence-electron chi connectivity index (χ2n) is 14.8. The predicted molar refractivity (Wildman–Crippen MR) is 260 cm³/mol. The molecule has 59 heavy (non-hydrogen) atoms. The molecule has 0 fully saturated rings. The molecule has 1 heterocycles. The van der Waals surface area contributed by atoms with Crippen molar-refractivity contribution in [3.8, 4) is 44.5 Å². The summed E-state index contributed by atoms with van der Waals surface area (Å²) in [6.45, 7) is 0. The van der Waals surface area contributed by atoms with Crippen LogP contribution in [0.2, 0.25) is 0 Å². The first-order chi connectivity index (χ1) is 28.9. The highest BCUT2D eigenvalue weighted by Crippen LogP contribution is 2.49. The number of thiophene rings is 1. The number of nitrogens with zero attached hydrogens (tertiary/aromatic N) is 1. The first-order valence-electron chi connectivity index (χ1n) is 19.5. The zero-order chi connectivity index (χ0) is 40.2. The zero-order valence-corrected chi connectivity index (χ0v) is 32.9. The Morgan fingerprint density at radius 1 is 0.339 bits per heavy atom. The van der Waals surface area contributed by atoms with Crippen LogP contribution in [-0.4, -0.2) is 39.2 Å². The van der Waals surface area contributed by atoms with E-state index in [-0.39, 0.29) is 16.4 Å². The molecule has 0 saturated heterocycles. The Morgan fingerprint density at radius 2 is 0.847 bits per heavy atom. The molecule has 264 valence electrons. The third-order valence-electron chi connectivity index (χ3n) is 11.4. The van der Waals surface area contributed by atoms with Gasteiger partial charge in [0.1, 0.15) is 39.2 Å². The van der Waals surface area contributed by atoms with Crippen molar-refractivity contribution in [2.45, 2.75) is 0 Å². The Kier molecular flexibility index (Phi) is 9.42. The van der Waals surface area contributed by atoms with Gasteiger partial charge in [0.05, 0.1) is 10.4 Å². The van der Waals surface area contributed by atoms with E-state index in [1.54, 1.807) is 0 Å². The molecule has 0 aliphatic rings. The first kappa shape index (κ1) is 36.9. The Balaban J connectivity index is 1.22. The van der Waals surface area contributed by atoms with Crippen LogP contribution in [-0.2, 0) is 0 Å². The van der Waals surface area contributed by atoms with Crippen molar-refractivity contribution >= 4 is 126 Å². The van der Waals surface area contributed by atoms with Gasteiger partial charge in [0.25, 0.3) is 0 Å². The van der Waals surface area contributed by atoms with Gasteiger partial charge in [-0.15, -0.1) is 27.7 Å². The van der Waals surface area contributed by atoms with E-state index in [1.165, 1.54) is 47.6 Å². The van der Waals surface area contributed by atoms with Crippen LogP contribution in [0.25, 0.3) is 75.5 Å². The molecule has 1 nitrogen and oxygen atoms in total. The second kappa shape index (κ2) is 15.1. The minimum absolute atomic E-state index is 0.194. The van der Waals surface area contributed by atoms with E-state index in [4.69, 9.17) is 39.2 Å². The average Bonchev–Trinajstić information content (AvgIpc) is 3.68. The van der Waals surface area contributed by atoms with Crippen LogP contribution in [0.3, 0.4) is 0 Å². The van der Waals surface area contributed by atoms with E-state index in [0.717, 1.165) is 39.3 Å². The summed E-state index contributed by atoms with van der Waals surface area (Å²) >= 11 is 1.83. The van der Waals surface area contributed by atoms with Gasteiger partial charge >= 0.3 is 0 Å². The van der Waals surface area contributed by atoms with Crippen LogP contribution in [0, 0.1) is 0 Å². The van der Waals surface area contributed by atoms with Gasteiger partial charge in [-0.2, -0.15) is 0 Å². The minimum atomic E-state index is 0.194. The van der Waals surface area contributed by atoms with Gasteiger partial charge in [-0.3, -0.25) is 0 Å². The normalized spacial score (nSPS) is 11.4. The van der Waals surface area contributed by atoms with Gasteiger partial charge in [0.15, 0.2) is 0 Å². The van der Waals surface area contributed by atoms with Crippen molar-refractivity contribution in [2.75, 3.05) is 4.90 Å². The van der Waals surface area contributed by atoms with E-state index in [0.29, 0.717) is 16.5 Å². The highest BCUT2D eigenvalue weighted by Gasteiger charge is 2.22. The van der Waals surface area contributed by atoms with Gasteiger partial charge in [0, 0.05) is 26.8 Å². The average molecular weight is 755 g/mol. The lowest BCUT2D eigenvalue weighted by Crippen LogP contribution is -2.55. The summed E-state index contributed by atoms with van der Waals surface area (Å²) in [6.07, 6.45) is 0. The van der Waals surface area contributed by atoms with Gasteiger partial charge in [-0.05, 0) is 91.7 Å². The second-order valence-corrected chi connectivity index (χ2v) is 15.8. The maximum absolute atomic E-state index is 6.54. The molecule has 0 saturated carbocycles. The molecular formula is C52H30B5NS. The summed E-state index contributed by atoms with van der Waals surface area (Å²) < 4.78 is 2.42. The molecule has 0 unspecified atom stereocenters. The number of rotatable bonds is 7. The van der Waals surface area contributed by atoms with Crippen molar-refractivity contribution in [1.82, 2.24) is 0 Å². The maximum Gasteiger partial charge on any atom is 0.113 e. The van der Waals surface area contributed by atoms with Crippen molar-refractivity contribution in [3.63, 3.8) is 0 Å². The number of hydrogen-bond acceptors (Lipinski definition) is 2. The third-order valence-corrected chi connectivity index (χ3v) is 12.6.